The second-order valence-corrected chi connectivity index (χ2v) is 9.84. The topological polar surface area (TPSA) is 69.3 Å². The quantitative estimate of drug-likeness (QED) is 0.332. The zero-order valence-corrected chi connectivity index (χ0v) is 20.3. The first kappa shape index (κ1) is 22.6. The Morgan fingerprint density at radius 1 is 0.944 bits per heavy atom. The summed E-state index contributed by atoms with van der Waals surface area (Å²) in [4.78, 5) is 19.9. The Labute approximate surface area is 211 Å². The molecule has 2 heterocycles. The number of urea groups is 1. The predicted molar refractivity (Wildman–Crippen MR) is 145 cm³/mol. The summed E-state index contributed by atoms with van der Waals surface area (Å²) in [6.07, 6.45) is 3.15. The van der Waals surface area contributed by atoms with Gasteiger partial charge in [-0.05, 0) is 66.3 Å². The molecule has 1 aliphatic carbocycles. The number of nitrogens with one attached hydrogen (secondary N) is 3. The van der Waals surface area contributed by atoms with E-state index in [9.17, 15) is 4.79 Å². The average Bonchev–Trinajstić information content (AvgIpc) is 3.51. The Balaban J connectivity index is 1.04. The van der Waals surface area contributed by atoms with Crippen molar-refractivity contribution in [3.05, 3.63) is 102 Å². The maximum Gasteiger partial charge on any atom is 0.319 e. The number of benzene rings is 3. The fraction of sp³-hybridized carbons (Fsp3) is 0.267. The fourth-order valence-corrected chi connectivity index (χ4v) is 5.46. The molecule has 2 aliphatic rings. The van der Waals surface area contributed by atoms with Crippen molar-refractivity contribution in [2.45, 2.75) is 37.9 Å². The van der Waals surface area contributed by atoms with E-state index in [0.717, 1.165) is 61.3 Å². The van der Waals surface area contributed by atoms with E-state index in [-0.39, 0.29) is 12.1 Å². The Bertz CT molecular complexity index is 1370. The summed E-state index contributed by atoms with van der Waals surface area (Å²) in [5.41, 5.74) is 5.77. The van der Waals surface area contributed by atoms with Crippen molar-refractivity contribution in [2.24, 2.45) is 0 Å². The van der Waals surface area contributed by atoms with Crippen LogP contribution in [0.5, 0.6) is 0 Å². The lowest BCUT2D eigenvalue weighted by Gasteiger charge is -2.17. The zero-order valence-electron chi connectivity index (χ0n) is 20.3. The van der Waals surface area contributed by atoms with Gasteiger partial charge >= 0.3 is 6.03 Å². The Morgan fingerprint density at radius 2 is 1.81 bits per heavy atom. The van der Waals surface area contributed by atoms with Crippen molar-refractivity contribution in [2.75, 3.05) is 23.7 Å². The van der Waals surface area contributed by atoms with Gasteiger partial charge in [0.1, 0.15) is 5.82 Å². The van der Waals surface area contributed by atoms with E-state index in [2.05, 4.69) is 75.4 Å². The Morgan fingerprint density at radius 3 is 2.72 bits per heavy atom. The van der Waals surface area contributed by atoms with E-state index in [1.54, 1.807) is 0 Å². The minimum absolute atomic E-state index is 0.158. The summed E-state index contributed by atoms with van der Waals surface area (Å²) in [6.45, 7) is 2.78. The van der Waals surface area contributed by atoms with Crippen LogP contribution in [-0.4, -0.2) is 35.0 Å². The van der Waals surface area contributed by atoms with Crippen molar-refractivity contribution < 1.29 is 4.79 Å². The monoisotopic (exact) mass is 477 g/mol. The van der Waals surface area contributed by atoms with Gasteiger partial charge in [0, 0.05) is 36.7 Å². The highest BCUT2D eigenvalue weighted by Gasteiger charge is 2.24. The van der Waals surface area contributed by atoms with Crippen molar-refractivity contribution in [1.82, 2.24) is 15.2 Å². The molecule has 1 fully saturated rings. The summed E-state index contributed by atoms with van der Waals surface area (Å²) < 4.78 is 0. The van der Waals surface area contributed by atoms with Crippen LogP contribution in [0.25, 0.3) is 10.9 Å². The molecule has 1 aromatic heterocycles. The molecular weight excluding hydrogens is 446 g/mol. The van der Waals surface area contributed by atoms with Gasteiger partial charge in [-0.25, -0.2) is 9.78 Å². The van der Waals surface area contributed by atoms with Gasteiger partial charge in [0.25, 0.3) is 0 Å². The number of fused-ring (bicyclic) bond motifs is 2. The van der Waals surface area contributed by atoms with Crippen molar-refractivity contribution in [3.63, 3.8) is 0 Å². The van der Waals surface area contributed by atoms with Gasteiger partial charge in [-0.3, -0.25) is 4.90 Å². The van der Waals surface area contributed by atoms with Gasteiger partial charge in [0.2, 0.25) is 0 Å². The number of rotatable bonds is 6. The Kier molecular flexibility index (Phi) is 6.26. The molecule has 6 nitrogen and oxygen atoms in total. The number of aromatic nitrogens is 1. The molecular formula is C30H31N5O. The van der Waals surface area contributed by atoms with Crippen LogP contribution in [0.3, 0.4) is 0 Å². The number of aryl methyl sites for hydroxylation is 1. The molecule has 1 aliphatic heterocycles. The van der Waals surface area contributed by atoms with Crippen LogP contribution in [-0.2, 0) is 13.0 Å². The third kappa shape index (κ3) is 5.04. The van der Waals surface area contributed by atoms with Crippen LogP contribution in [0.4, 0.5) is 16.3 Å². The first-order chi connectivity index (χ1) is 17.7. The number of pyridine rings is 1. The number of carbonyl (C=O) groups excluding carboxylic acids is 1. The van der Waals surface area contributed by atoms with E-state index >= 15 is 0 Å². The van der Waals surface area contributed by atoms with Crippen LogP contribution in [0.15, 0.2) is 84.9 Å². The number of anilines is 2. The highest BCUT2D eigenvalue weighted by Crippen LogP contribution is 2.33. The minimum Gasteiger partial charge on any atom is -0.363 e. The molecule has 0 spiro atoms. The second-order valence-electron chi connectivity index (χ2n) is 9.84. The molecule has 3 N–H and O–H groups in total. The summed E-state index contributed by atoms with van der Waals surface area (Å²) in [6, 6.07) is 29.3. The van der Waals surface area contributed by atoms with Gasteiger partial charge in [0.05, 0.1) is 11.6 Å². The lowest BCUT2D eigenvalue weighted by molar-refractivity contribution is 0.247. The molecule has 2 unspecified atom stereocenters. The fourth-order valence-electron chi connectivity index (χ4n) is 5.46. The van der Waals surface area contributed by atoms with E-state index in [4.69, 9.17) is 4.98 Å². The molecule has 2 atom stereocenters. The molecule has 6 heteroatoms. The number of amides is 2. The van der Waals surface area contributed by atoms with E-state index in [1.807, 2.05) is 30.3 Å². The van der Waals surface area contributed by atoms with Crippen LogP contribution < -0.4 is 16.0 Å². The van der Waals surface area contributed by atoms with Crippen molar-refractivity contribution in [3.8, 4) is 0 Å². The molecule has 2 amide bonds. The molecule has 3 aromatic carbocycles. The number of hydrogen-bond donors (Lipinski definition) is 3. The number of hydrogen-bond acceptors (Lipinski definition) is 4. The number of nitrogens with zero attached hydrogens (tertiary/aromatic N) is 2. The highest BCUT2D eigenvalue weighted by molar-refractivity contribution is 5.93. The van der Waals surface area contributed by atoms with Crippen molar-refractivity contribution in [1.29, 1.82) is 0 Å². The normalized spacial score (nSPS) is 19.2. The van der Waals surface area contributed by atoms with Crippen molar-refractivity contribution >= 4 is 28.4 Å². The minimum atomic E-state index is -0.160. The van der Waals surface area contributed by atoms with Gasteiger partial charge in [-0.1, -0.05) is 54.6 Å². The molecule has 0 radical (unpaired) electrons. The maximum atomic E-state index is 12.7. The van der Waals surface area contributed by atoms with E-state index in [0.29, 0.717) is 6.04 Å². The van der Waals surface area contributed by atoms with Crippen LogP contribution in [0.2, 0.25) is 0 Å². The standard InChI is InChI=1S/C30H31N5O/c36-30(32-25-16-17-35(20-25)19-21-6-2-1-3-7-21)31-24-12-14-27-23(18-24)11-15-29(33-27)34-28-13-10-22-8-4-5-9-26(22)28/h1-9,11-12,14-15,18,25,28H,10,13,16-17,19-20H2,(H,33,34)(H2,31,32,36). The smallest absolute Gasteiger partial charge is 0.319 e. The largest absolute Gasteiger partial charge is 0.363 e. The molecule has 182 valence electrons. The lowest BCUT2D eigenvalue weighted by Crippen LogP contribution is -2.39. The predicted octanol–water partition coefficient (Wildman–Crippen LogP) is 5.73. The zero-order chi connectivity index (χ0) is 24.3. The maximum absolute atomic E-state index is 12.7. The first-order valence-corrected chi connectivity index (χ1v) is 12.8. The molecule has 6 rings (SSSR count). The molecule has 0 bridgehead atoms. The van der Waals surface area contributed by atoms with Gasteiger partial charge in [-0.15, -0.1) is 0 Å². The van der Waals surface area contributed by atoms with Gasteiger partial charge in [-0.2, -0.15) is 0 Å². The van der Waals surface area contributed by atoms with Crippen LogP contribution in [0, 0.1) is 0 Å². The van der Waals surface area contributed by atoms with E-state index in [1.165, 1.54) is 16.7 Å². The van der Waals surface area contributed by atoms with Crippen LogP contribution >= 0.6 is 0 Å². The summed E-state index contributed by atoms with van der Waals surface area (Å²) in [5, 5.41) is 10.7. The van der Waals surface area contributed by atoms with Gasteiger partial charge in [0.15, 0.2) is 0 Å². The van der Waals surface area contributed by atoms with Crippen LogP contribution in [0.1, 0.15) is 35.6 Å². The third-order valence-electron chi connectivity index (χ3n) is 7.26. The molecule has 36 heavy (non-hydrogen) atoms. The van der Waals surface area contributed by atoms with E-state index < -0.39 is 0 Å². The Hall–Kier alpha value is -3.90. The summed E-state index contributed by atoms with van der Waals surface area (Å²) in [7, 11) is 0. The third-order valence-corrected chi connectivity index (χ3v) is 7.26. The summed E-state index contributed by atoms with van der Waals surface area (Å²) >= 11 is 0. The molecule has 0 saturated carbocycles. The second kappa shape index (κ2) is 9.99. The SMILES string of the molecule is O=C(Nc1ccc2nc(NC3CCc4ccccc43)ccc2c1)NC1CCN(Cc2ccccc2)C1. The first-order valence-electron chi connectivity index (χ1n) is 12.8. The number of carbonyl (C=O) groups is 1. The lowest BCUT2D eigenvalue weighted by atomic mass is 10.1. The molecule has 1 saturated heterocycles. The van der Waals surface area contributed by atoms with Gasteiger partial charge < -0.3 is 16.0 Å². The highest BCUT2D eigenvalue weighted by atomic mass is 16.2. The summed E-state index contributed by atoms with van der Waals surface area (Å²) in [5.74, 6) is 0.879. The number of likely N-dealkylation sites (tertiary alicyclic amines) is 1. The average molecular weight is 478 g/mol. The molecule has 4 aromatic rings.